The van der Waals surface area contributed by atoms with Crippen molar-refractivity contribution in [3.63, 3.8) is 0 Å². The van der Waals surface area contributed by atoms with Crippen molar-refractivity contribution in [3.05, 3.63) is 0 Å². The van der Waals surface area contributed by atoms with Crippen molar-refractivity contribution in [2.24, 2.45) is 0 Å². The van der Waals surface area contributed by atoms with Crippen LogP contribution in [0.4, 0.5) is 0 Å². The number of terminal acetylenes is 1. The van der Waals surface area contributed by atoms with Gasteiger partial charge in [0, 0.05) is 13.0 Å². The maximum Gasteiger partial charge on any atom is 0.220 e. The first kappa shape index (κ1) is 9.99. The summed E-state index contributed by atoms with van der Waals surface area (Å²) in [5.74, 6) is 2.26. The van der Waals surface area contributed by atoms with E-state index in [2.05, 4.69) is 11.2 Å². The van der Waals surface area contributed by atoms with Crippen LogP contribution >= 0.6 is 0 Å². The topological polar surface area (TPSA) is 49.3 Å². The molecule has 2 N–H and O–H groups in total. The lowest BCUT2D eigenvalue weighted by molar-refractivity contribution is -0.120. The van der Waals surface area contributed by atoms with Crippen molar-refractivity contribution in [1.29, 1.82) is 0 Å². The molecule has 0 spiro atoms. The Labute approximate surface area is 66.8 Å². The number of carbonyl (C=O) groups is 1. The summed E-state index contributed by atoms with van der Waals surface area (Å²) in [5.41, 5.74) is 0. The number of amides is 1. The van der Waals surface area contributed by atoms with E-state index in [9.17, 15) is 4.79 Å². The highest BCUT2D eigenvalue weighted by Gasteiger charge is 1.97. The molecule has 0 bridgehead atoms. The van der Waals surface area contributed by atoms with Gasteiger partial charge in [-0.1, -0.05) is 5.92 Å². The molecule has 0 radical (unpaired) electrons. The van der Waals surface area contributed by atoms with Crippen molar-refractivity contribution >= 4 is 5.91 Å². The zero-order chi connectivity index (χ0) is 8.53. The van der Waals surface area contributed by atoms with Crippen LogP contribution in [0.2, 0.25) is 0 Å². The molecule has 0 heterocycles. The molecule has 1 amide bonds. The molecule has 0 unspecified atom stereocenters. The van der Waals surface area contributed by atoms with Gasteiger partial charge in [-0.15, -0.1) is 6.42 Å². The Morgan fingerprint density at radius 1 is 1.55 bits per heavy atom. The van der Waals surface area contributed by atoms with E-state index in [1.807, 2.05) is 0 Å². The molecule has 0 aliphatic heterocycles. The average molecular weight is 155 g/mol. The van der Waals surface area contributed by atoms with Gasteiger partial charge < -0.3 is 10.4 Å². The van der Waals surface area contributed by atoms with Gasteiger partial charge in [0.05, 0.1) is 6.54 Å². The van der Waals surface area contributed by atoms with Crippen LogP contribution in [0.5, 0.6) is 0 Å². The molecule has 62 valence electrons. The first-order chi connectivity index (χ1) is 5.31. The standard InChI is InChI=1S/C8H13NO2/c1-2-6-9-8(11)5-3-4-7-10/h1,10H,3-7H2,(H,9,11). The molecule has 11 heavy (non-hydrogen) atoms. The Bertz CT molecular complexity index is 149. The van der Waals surface area contributed by atoms with Gasteiger partial charge in [-0.05, 0) is 12.8 Å². The van der Waals surface area contributed by atoms with E-state index in [-0.39, 0.29) is 19.1 Å². The summed E-state index contributed by atoms with van der Waals surface area (Å²) in [6.07, 6.45) is 6.76. The van der Waals surface area contributed by atoms with E-state index < -0.39 is 0 Å². The monoisotopic (exact) mass is 155 g/mol. The maximum atomic E-state index is 10.8. The minimum absolute atomic E-state index is 0.0450. The average Bonchev–Trinajstić information content (AvgIpc) is 2.01. The third-order valence-electron chi connectivity index (χ3n) is 1.20. The van der Waals surface area contributed by atoms with Crippen LogP contribution < -0.4 is 5.32 Å². The zero-order valence-electron chi connectivity index (χ0n) is 6.47. The normalized spacial score (nSPS) is 8.73. The van der Waals surface area contributed by atoms with Crippen LogP contribution in [-0.2, 0) is 4.79 Å². The predicted octanol–water partition coefficient (Wildman–Crippen LogP) is -0.102. The summed E-state index contributed by atoms with van der Waals surface area (Å²) in [5, 5.41) is 10.9. The molecule has 0 saturated carbocycles. The van der Waals surface area contributed by atoms with Crippen molar-refractivity contribution in [1.82, 2.24) is 5.32 Å². The van der Waals surface area contributed by atoms with Crippen molar-refractivity contribution < 1.29 is 9.90 Å². The van der Waals surface area contributed by atoms with Crippen molar-refractivity contribution in [2.45, 2.75) is 19.3 Å². The second-order valence-corrected chi connectivity index (χ2v) is 2.16. The van der Waals surface area contributed by atoms with Crippen LogP contribution in [0, 0.1) is 12.3 Å². The SMILES string of the molecule is C#CCNC(=O)CCCCO. The molecule has 0 rings (SSSR count). The number of hydrogen-bond donors (Lipinski definition) is 2. The Morgan fingerprint density at radius 3 is 2.82 bits per heavy atom. The predicted molar refractivity (Wildman–Crippen MR) is 42.8 cm³/mol. The molecule has 0 atom stereocenters. The molecule has 0 fully saturated rings. The fourth-order valence-electron chi connectivity index (χ4n) is 0.635. The van der Waals surface area contributed by atoms with Gasteiger partial charge in [0.2, 0.25) is 5.91 Å². The summed E-state index contributed by atoms with van der Waals surface area (Å²) in [6.45, 7) is 0.431. The summed E-state index contributed by atoms with van der Waals surface area (Å²) in [7, 11) is 0. The van der Waals surface area contributed by atoms with E-state index in [1.165, 1.54) is 0 Å². The second kappa shape index (κ2) is 7.10. The Kier molecular flexibility index (Phi) is 6.45. The minimum atomic E-state index is -0.0450. The van der Waals surface area contributed by atoms with Crippen LogP contribution in [0.1, 0.15) is 19.3 Å². The van der Waals surface area contributed by atoms with Gasteiger partial charge in [-0.3, -0.25) is 4.79 Å². The quantitative estimate of drug-likeness (QED) is 0.430. The van der Waals surface area contributed by atoms with Gasteiger partial charge in [0.25, 0.3) is 0 Å². The van der Waals surface area contributed by atoms with Gasteiger partial charge in [-0.2, -0.15) is 0 Å². The number of carbonyl (C=O) groups excluding carboxylic acids is 1. The fraction of sp³-hybridized carbons (Fsp3) is 0.625. The molecule has 0 aliphatic carbocycles. The molecular formula is C8H13NO2. The number of unbranched alkanes of at least 4 members (excludes halogenated alkanes) is 1. The number of aliphatic hydroxyl groups excluding tert-OH is 1. The molecule has 3 nitrogen and oxygen atoms in total. The summed E-state index contributed by atoms with van der Waals surface area (Å²) >= 11 is 0. The largest absolute Gasteiger partial charge is 0.396 e. The van der Waals surface area contributed by atoms with Crippen LogP contribution in [-0.4, -0.2) is 24.2 Å². The number of aliphatic hydroxyl groups is 1. The lowest BCUT2D eigenvalue weighted by Crippen LogP contribution is -2.22. The Balaban J connectivity index is 3.17. The van der Waals surface area contributed by atoms with E-state index in [1.54, 1.807) is 0 Å². The van der Waals surface area contributed by atoms with Gasteiger partial charge in [0.1, 0.15) is 0 Å². The van der Waals surface area contributed by atoms with Crippen LogP contribution in [0.15, 0.2) is 0 Å². The lowest BCUT2D eigenvalue weighted by atomic mass is 10.2. The van der Waals surface area contributed by atoms with Crippen molar-refractivity contribution in [3.8, 4) is 12.3 Å². The van der Waals surface area contributed by atoms with Crippen LogP contribution in [0.3, 0.4) is 0 Å². The van der Waals surface area contributed by atoms with Gasteiger partial charge in [-0.25, -0.2) is 0 Å². The lowest BCUT2D eigenvalue weighted by Gasteiger charge is -1.99. The third-order valence-corrected chi connectivity index (χ3v) is 1.20. The molecule has 0 aromatic heterocycles. The van der Waals surface area contributed by atoms with E-state index >= 15 is 0 Å². The number of hydrogen-bond acceptors (Lipinski definition) is 2. The first-order valence-corrected chi connectivity index (χ1v) is 3.62. The first-order valence-electron chi connectivity index (χ1n) is 3.62. The highest BCUT2D eigenvalue weighted by atomic mass is 16.2. The molecular weight excluding hydrogens is 142 g/mol. The highest BCUT2D eigenvalue weighted by molar-refractivity contribution is 5.76. The number of rotatable bonds is 5. The molecule has 0 aromatic rings. The summed E-state index contributed by atoms with van der Waals surface area (Å²) in [4.78, 5) is 10.8. The molecule has 3 heteroatoms. The molecule has 0 aromatic carbocycles. The third kappa shape index (κ3) is 6.88. The Morgan fingerprint density at radius 2 is 2.27 bits per heavy atom. The Hall–Kier alpha value is -1.01. The van der Waals surface area contributed by atoms with Gasteiger partial charge >= 0.3 is 0 Å². The van der Waals surface area contributed by atoms with Crippen LogP contribution in [0.25, 0.3) is 0 Å². The summed E-state index contributed by atoms with van der Waals surface area (Å²) in [6, 6.07) is 0. The highest BCUT2D eigenvalue weighted by Crippen LogP contribution is 1.92. The second-order valence-electron chi connectivity index (χ2n) is 2.16. The maximum absolute atomic E-state index is 10.8. The fourth-order valence-corrected chi connectivity index (χ4v) is 0.635. The minimum Gasteiger partial charge on any atom is -0.396 e. The smallest absolute Gasteiger partial charge is 0.220 e. The molecule has 0 aliphatic rings. The van der Waals surface area contributed by atoms with Crippen molar-refractivity contribution in [2.75, 3.05) is 13.2 Å². The summed E-state index contributed by atoms with van der Waals surface area (Å²) < 4.78 is 0. The van der Waals surface area contributed by atoms with Gasteiger partial charge in [0.15, 0.2) is 0 Å². The molecule has 0 saturated heterocycles. The van der Waals surface area contributed by atoms with E-state index in [4.69, 9.17) is 11.5 Å². The van der Waals surface area contributed by atoms with E-state index in [0.29, 0.717) is 19.3 Å². The number of nitrogens with one attached hydrogen (secondary N) is 1. The van der Waals surface area contributed by atoms with E-state index in [0.717, 1.165) is 0 Å². The zero-order valence-corrected chi connectivity index (χ0v) is 6.47.